The molecule has 0 saturated heterocycles. The number of hydrogen-bond acceptors (Lipinski definition) is 2. The normalized spacial score (nSPS) is 10.4. The van der Waals surface area contributed by atoms with Gasteiger partial charge in [0, 0.05) is 0 Å². The van der Waals surface area contributed by atoms with Gasteiger partial charge in [-0.05, 0) is 12.3 Å². The fourth-order valence-electron chi connectivity index (χ4n) is 1.92. The summed E-state index contributed by atoms with van der Waals surface area (Å²) in [6, 6.07) is 0. The molecule has 2 N–H and O–H groups in total. The van der Waals surface area contributed by atoms with E-state index in [1.165, 1.54) is 0 Å². The van der Waals surface area contributed by atoms with Gasteiger partial charge in [0.2, 0.25) is 0 Å². The first-order valence-electron chi connectivity index (χ1n) is 5.86. The Hall–Kier alpha value is 1.58. The van der Waals surface area contributed by atoms with E-state index < -0.39 is 23.3 Å². The largest absolute Gasteiger partial charge is 1.00 e. The van der Waals surface area contributed by atoms with Gasteiger partial charge in [-0.2, -0.15) is 0 Å². The maximum Gasteiger partial charge on any atom is 1.00 e. The van der Waals surface area contributed by atoms with Crippen molar-refractivity contribution < 1.29 is 104 Å². The smallest absolute Gasteiger partial charge is 1.00 e. The molecule has 0 unspecified atom stereocenters. The quantitative estimate of drug-likeness (QED) is 0.284. The summed E-state index contributed by atoms with van der Waals surface area (Å²) in [4.78, 5) is 22.4. The molecule has 0 rings (SSSR count). The summed E-state index contributed by atoms with van der Waals surface area (Å²) >= 11 is 0. The Labute approximate surface area is 177 Å². The van der Waals surface area contributed by atoms with Gasteiger partial charge in [-0.25, -0.2) is 0 Å². The van der Waals surface area contributed by atoms with Crippen LogP contribution >= 0.6 is 0 Å². The molecule has 18 heavy (non-hydrogen) atoms. The van der Waals surface area contributed by atoms with Crippen LogP contribution in [0.25, 0.3) is 0 Å². The van der Waals surface area contributed by atoms with Crippen molar-refractivity contribution in [2.24, 2.45) is 11.3 Å². The summed E-state index contributed by atoms with van der Waals surface area (Å²) < 4.78 is 0. The maximum atomic E-state index is 11.2. The first kappa shape index (κ1) is 24.6. The molecule has 0 aromatic rings. The molecule has 4 nitrogen and oxygen atoms in total. The van der Waals surface area contributed by atoms with E-state index in [4.69, 9.17) is 10.2 Å². The van der Waals surface area contributed by atoms with E-state index in [0.717, 1.165) is 19.3 Å². The van der Waals surface area contributed by atoms with Crippen LogP contribution in [0.5, 0.6) is 0 Å². The number of rotatable bonds is 8. The molecule has 0 aliphatic rings. The Balaban J connectivity index is -0.000000187. The molecule has 0 aromatic carbocycles. The molecule has 0 saturated carbocycles. The van der Waals surface area contributed by atoms with Crippen molar-refractivity contribution in [3.05, 3.63) is 0 Å². The molecule has 0 spiro atoms. The summed E-state index contributed by atoms with van der Waals surface area (Å²) in [6.45, 7) is 5.37. The van der Waals surface area contributed by atoms with E-state index in [0.29, 0.717) is 6.42 Å². The van der Waals surface area contributed by atoms with E-state index in [1.807, 2.05) is 0 Å². The molecule has 0 aliphatic heterocycles. The van der Waals surface area contributed by atoms with Gasteiger partial charge in [0.15, 0.2) is 5.41 Å². The Morgan fingerprint density at radius 3 is 1.83 bits per heavy atom. The molecule has 0 fully saturated rings. The monoisotopic (exact) mass is 294 g/mol. The third kappa shape index (κ3) is 6.84. The van der Waals surface area contributed by atoms with Crippen molar-refractivity contribution in [2.45, 2.75) is 52.9 Å². The number of carbonyl (C=O) groups is 2. The van der Waals surface area contributed by atoms with E-state index in [9.17, 15) is 9.59 Å². The van der Waals surface area contributed by atoms with Crippen molar-refractivity contribution in [1.29, 1.82) is 0 Å². The van der Waals surface area contributed by atoms with Crippen LogP contribution < -0.4 is 80.9 Å². The summed E-state index contributed by atoms with van der Waals surface area (Å²) in [5.74, 6) is -2.83. The van der Waals surface area contributed by atoms with Gasteiger partial charge < -0.3 is 13.1 Å². The molecule has 0 heterocycles. The van der Waals surface area contributed by atoms with Crippen molar-refractivity contribution in [3.63, 3.8) is 0 Å². The minimum atomic E-state index is -1.62. The number of aliphatic carboxylic acids is 2. The zero-order valence-corrected chi connectivity index (χ0v) is 17.4. The van der Waals surface area contributed by atoms with Crippen molar-refractivity contribution in [2.75, 3.05) is 0 Å². The number of carboxylic acids is 2. The number of hydrogen-bond donors (Lipinski definition) is 2. The molecule has 0 aliphatic carbocycles. The van der Waals surface area contributed by atoms with Crippen LogP contribution in [-0.4, -0.2) is 22.2 Å². The van der Waals surface area contributed by atoms with Crippen molar-refractivity contribution >= 4 is 11.9 Å². The van der Waals surface area contributed by atoms with Crippen molar-refractivity contribution in [1.82, 2.24) is 0 Å². The van der Waals surface area contributed by atoms with Gasteiger partial charge >= 0.3 is 92.9 Å². The average molecular weight is 294 g/mol. The van der Waals surface area contributed by atoms with Crippen LogP contribution in [0.4, 0.5) is 0 Å². The molecule has 0 amide bonds. The molecule has 0 radical (unpaired) electrons. The van der Waals surface area contributed by atoms with Crippen LogP contribution in [0.2, 0.25) is 0 Å². The van der Waals surface area contributed by atoms with Crippen LogP contribution in [0, 0.1) is 11.3 Å². The van der Waals surface area contributed by atoms with E-state index in [1.54, 1.807) is 13.8 Å². The predicted octanol–water partition coefficient (Wildman–Crippen LogP) is -3.00. The molecule has 0 aromatic heterocycles. The topological polar surface area (TPSA) is 74.6 Å². The fourth-order valence-corrected chi connectivity index (χ4v) is 1.92. The second-order valence-corrected chi connectivity index (χ2v) is 4.55. The van der Waals surface area contributed by atoms with Crippen LogP contribution in [0.1, 0.15) is 55.7 Å². The van der Waals surface area contributed by atoms with Gasteiger partial charge in [-0.15, -0.1) is 0 Å². The third-order valence-corrected chi connectivity index (χ3v) is 3.17. The second-order valence-electron chi connectivity index (χ2n) is 4.55. The predicted molar refractivity (Wildman–Crippen MR) is 63.5 cm³/mol. The summed E-state index contributed by atoms with van der Waals surface area (Å²) in [7, 11) is 0. The zero-order chi connectivity index (χ0) is 12.8. The van der Waals surface area contributed by atoms with E-state index in [-0.39, 0.29) is 90.2 Å². The van der Waals surface area contributed by atoms with Crippen LogP contribution in [0.15, 0.2) is 0 Å². The van der Waals surface area contributed by atoms with E-state index in [2.05, 4.69) is 6.92 Å². The number of unbranched alkanes of at least 4 members (excludes halogenated alkanes) is 3. The van der Waals surface area contributed by atoms with Crippen molar-refractivity contribution in [3.8, 4) is 0 Å². The van der Waals surface area contributed by atoms with Gasteiger partial charge in [-0.1, -0.05) is 46.5 Å². The van der Waals surface area contributed by atoms with Crippen LogP contribution in [0.3, 0.4) is 0 Å². The van der Waals surface area contributed by atoms with Crippen LogP contribution in [-0.2, 0) is 9.59 Å². The first-order valence-corrected chi connectivity index (χ1v) is 5.86. The molecule has 6 heteroatoms. The Bertz CT molecular complexity index is 252. The Morgan fingerprint density at radius 1 is 1.11 bits per heavy atom. The summed E-state index contributed by atoms with van der Waals surface area (Å²) in [6.07, 6.45) is 3.84. The number of carboxylic acid groups (broad SMARTS) is 2. The molecular weight excluding hydrogens is 270 g/mol. The summed E-state index contributed by atoms with van der Waals surface area (Å²) in [5.41, 5.74) is -1.62. The Morgan fingerprint density at radius 2 is 1.56 bits per heavy atom. The minimum Gasteiger partial charge on any atom is -1.00 e. The van der Waals surface area contributed by atoms with Gasteiger partial charge in [0.05, 0.1) is 0 Å². The molecule has 0 atom stereocenters. The first-order chi connectivity index (χ1) is 7.39. The fraction of sp³-hybridized carbons (Fsp3) is 0.833. The Kier molecular flexibility index (Phi) is 16.8. The third-order valence-electron chi connectivity index (χ3n) is 3.17. The van der Waals surface area contributed by atoms with Gasteiger partial charge in [0.1, 0.15) is 0 Å². The minimum absolute atomic E-state index is 0. The summed E-state index contributed by atoms with van der Waals surface area (Å²) in [5, 5.41) is 18.3. The molecule has 0 bridgehead atoms. The average Bonchev–Trinajstić information content (AvgIpc) is 2.16. The van der Waals surface area contributed by atoms with E-state index >= 15 is 0 Å². The maximum absolute atomic E-state index is 11.2. The zero-order valence-electron chi connectivity index (χ0n) is 14.3. The second kappa shape index (κ2) is 12.3. The van der Waals surface area contributed by atoms with Gasteiger partial charge in [0.25, 0.3) is 0 Å². The molecular formula is C12H24KNaO4. The SMILES string of the molecule is CCCCCCC(C(=O)O)(C(=O)O)C(C)C.[H-].[H-].[K+].[Na+]. The standard InChI is InChI=1S/C12H22O4.K.Na.2H/c1-4-5-6-7-8-12(9(2)3,10(13)14)11(15)16;;;;/h9H,4-8H2,1-3H3,(H,13,14)(H,15,16);;;;/q;2*+1;2*-1. The molecule has 98 valence electrons. The van der Waals surface area contributed by atoms with Gasteiger partial charge in [-0.3, -0.25) is 9.59 Å².